The van der Waals surface area contributed by atoms with Gasteiger partial charge in [-0.1, -0.05) is 12.1 Å². The molecule has 1 aromatic carbocycles. The maximum absolute atomic E-state index is 12.5. The van der Waals surface area contributed by atoms with Crippen LogP contribution < -0.4 is 10.0 Å². The average Bonchev–Trinajstić information content (AvgIpc) is 2.78. The predicted molar refractivity (Wildman–Crippen MR) is 77.9 cm³/mol. The van der Waals surface area contributed by atoms with Crippen molar-refractivity contribution in [1.29, 1.82) is 0 Å². The number of imidazole rings is 1. The highest BCUT2D eigenvalue weighted by atomic mass is 32.2. The van der Waals surface area contributed by atoms with Crippen LogP contribution >= 0.6 is 0 Å². The van der Waals surface area contributed by atoms with Crippen molar-refractivity contribution in [3.8, 4) is 0 Å². The third kappa shape index (κ3) is 2.54. The van der Waals surface area contributed by atoms with Crippen LogP contribution in [0.5, 0.6) is 0 Å². The first kappa shape index (κ1) is 14.5. The molecule has 0 aliphatic heterocycles. The molecule has 0 aliphatic rings. The van der Waals surface area contributed by atoms with Crippen molar-refractivity contribution in [1.82, 2.24) is 9.55 Å². The fourth-order valence-corrected chi connectivity index (χ4v) is 2.99. The van der Waals surface area contributed by atoms with Crippen LogP contribution in [-0.2, 0) is 23.6 Å². The molecule has 7 heteroatoms. The Bertz CT molecular complexity index is 685. The second-order valence-corrected chi connectivity index (χ2v) is 6.50. The fourth-order valence-electron chi connectivity index (χ4n) is 1.77. The molecule has 0 unspecified atom stereocenters. The van der Waals surface area contributed by atoms with Gasteiger partial charge in [0.05, 0.1) is 5.69 Å². The van der Waals surface area contributed by atoms with Gasteiger partial charge in [0.2, 0.25) is 0 Å². The summed E-state index contributed by atoms with van der Waals surface area (Å²) in [4.78, 5) is 4.08. The Kier molecular flexibility index (Phi) is 3.82. The molecule has 2 rings (SSSR count). The molecular formula is C13H18N4O2S. The zero-order valence-corrected chi connectivity index (χ0v) is 12.6. The van der Waals surface area contributed by atoms with E-state index in [1.807, 2.05) is 12.1 Å². The van der Waals surface area contributed by atoms with Crippen molar-refractivity contribution in [2.24, 2.45) is 12.8 Å². The molecule has 0 saturated heterocycles. The molecule has 0 fully saturated rings. The summed E-state index contributed by atoms with van der Waals surface area (Å²) in [5, 5.41) is 0.0444. The number of benzene rings is 1. The van der Waals surface area contributed by atoms with Crippen LogP contribution in [0.1, 0.15) is 11.4 Å². The highest BCUT2D eigenvalue weighted by Crippen LogP contribution is 2.21. The summed E-state index contributed by atoms with van der Waals surface area (Å²) < 4.78 is 27.9. The number of aromatic nitrogens is 2. The van der Waals surface area contributed by atoms with Gasteiger partial charge in [-0.3, -0.25) is 4.31 Å². The number of sulfonamides is 1. The average molecular weight is 294 g/mol. The molecule has 6 nitrogen and oxygen atoms in total. The SMILES string of the molecule is Cc1nc(S(=O)(=O)N(C)c2ccc(CN)cc2)cn1C. The molecule has 0 radical (unpaired) electrons. The number of anilines is 1. The van der Waals surface area contributed by atoms with E-state index in [-0.39, 0.29) is 5.03 Å². The Morgan fingerprint density at radius 1 is 1.30 bits per heavy atom. The maximum Gasteiger partial charge on any atom is 0.283 e. The van der Waals surface area contributed by atoms with Gasteiger partial charge in [-0.05, 0) is 24.6 Å². The molecule has 20 heavy (non-hydrogen) atoms. The van der Waals surface area contributed by atoms with Gasteiger partial charge in [0.25, 0.3) is 10.0 Å². The summed E-state index contributed by atoms with van der Waals surface area (Å²) in [6, 6.07) is 7.08. The van der Waals surface area contributed by atoms with Gasteiger partial charge in [-0.15, -0.1) is 0 Å². The van der Waals surface area contributed by atoms with Crippen LogP contribution in [0.4, 0.5) is 5.69 Å². The first-order valence-corrected chi connectivity index (χ1v) is 7.58. The minimum absolute atomic E-state index is 0.0444. The number of rotatable bonds is 4. The lowest BCUT2D eigenvalue weighted by Gasteiger charge is -2.18. The summed E-state index contributed by atoms with van der Waals surface area (Å²) in [6.45, 7) is 2.19. The van der Waals surface area contributed by atoms with Crippen molar-refractivity contribution in [2.75, 3.05) is 11.4 Å². The van der Waals surface area contributed by atoms with E-state index in [0.29, 0.717) is 18.1 Å². The number of hydrogen-bond donors (Lipinski definition) is 1. The fraction of sp³-hybridized carbons (Fsp3) is 0.308. The molecular weight excluding hydrogens is 276 g/mol. The van der Waals surface area contributed by atoms with Gasteiger partial charge in [0.1, 0.15) is 5.82 Å². The molecule has 0 amide bonds. The van der Waals surface area contributed by atoms with Crippen LogP contribution in [0.2, 0.25) is 0 Å². The highest BCUT2D eigenvalue weighted by Gasteiger charge is 2.24. The van der Waals surface area contributed by atoms with Crippen molar-refractivity contribution < 1.29 is 8.42 Å². The molecule has 0 spiro atoms. The number of nitrogens with two attached hydrogens (primary N) is 1. The van der Waals surface area contributed by atoms with Crippen molar-refractivity contribution in [3.05, 3.63) is 41.9 Å². The molecule has 0 atom stereocenters. The summed E-state index contributed by atoms with van der Waals surface area (Å²) in [5.41, 5.74) is 7.05. The lowest BCUT2D eigenvalue weighted by Crippen LogP contribution is -2.26. The summed E-state index contributed by atoms with van der Waals surface area (Å²) in [5.74, 6) is 0.649. The smallest absolute Gasteiger partial charge is 0.283 e. The van der Waals surface area contributed by atoms with E-state index in [0.717, 1.165) is 5.56 Å². The molecule has 0 aliphatic carbocycles. The van der Waals surface area contributed by atoms with Crippen LogP contribution in [0, 0.1) is 6.92 Å². The standard InChI is InChI=1S/C13H18N4O2S/c1-10-15-13(9-16(10)2)20(18,19)17(3)12-6-4-11(8-14)5-7-12/h4-7,9H,8,14H2,1-3H3. The van der Waals surface area contributed by atoms with Gasteiger partial charge in [0, 0.05) is 26.8 Å². The normalized spacial score (nSPS) is 11.6. The Labute approximate surface area is 118 Å². The Hall–Kier alpha value is -1.86. The molecule has 108 valence electrons. The molecule has 1 aromatic heterocycles. The van der Waals surface area contributed by atoms with Crippen LogP contribution in [0.15, 0.2) is 35.5 Å². The van der Waals surface area contributed by atoms with E-state index < -0.39 is 10.0 Å². The Balaban J connectivity index is 2.37. The highest BCUT2D eigenvalue weighted by molar-refractivity contribution is 7.92. The third-order valence-electron chi connectivity index (χ3n) is 3.25. The van der Waals surface area contributed by atoms with E-state index in [1.165, 1.54) is 17.5 Å². The van der Waals surface area contributed by atoms with Gasteiger partial charge in [-0.2, -0.15) is 8.42 Å². The van der Waals surface area contributed by atoms with E-state index in [9.17, 15) is 8.42 Å². The first-order chi connectivity index (χ1) is 9.36. The van der Waals surface area contributed by atoms with Crippen molar-refractivity contribution >= 4 is 15.7 Å². The minimum atomic E-state index is -3.64. The van der Waals surface area contributed by atoms with Crippen LogP contribution in [0.3, 0.4) is 0 Å². The minimum Gasteiger partial charge on any atom is -0.337 e. The van der Waals surface area contributed by atoms with Crippen molar-refractivity contribution in [3.63, 3.8) is 0 Å². The van der Waals surface area contributed by atoms with Gasteiger partial charge in [0.15, 0.2) is 5.03 Å². The van der Waals surface area contributed by atoms with Crippen molar-refractivity contribution in [2.45, 2.75) is 18.5 Å². The molecule has 2 aromatic rings. The van der Waals surface area contributed by atoms with E-state index in [2.05, 4.69) is 4.98 Å². The largest absolute Gasteiger partial charge is 0.337 e. The zero-order chi connectivity index (χ0) is 14.9. The summed E-state index contributed by atoms with van der Waals surface area (Å²) in [6.07, 6.45) is 1.51. The van der Waals surface area contributed by atoms with Crippen LogP contribution in [-0.4, -0.2) is 25.0 Å². The number of aryl methyl sites for hydroxylation is 2. The summed E-state index contributed by atoms with van der Waals surface area (Å²) in [7, 11) is -0.371. The Morgan fingerprint density at radius 2 is 1.90 bits per heavy atom. The number of nitrogens with zero attached hydrogens (tertiary/aromatic N) is 3. The second kappa shape index (κ2) is 5.26. The Morgan fingerprint density at radius 3 is 2.35 bits per heavy atom. The zero-order valence-electron chi connectivity index (χ0n) is 11.7. The maximum atomic E-state index is 12.5. The van der Waals surface area contributed by atoms with E-state index in [4.69, 9.17) is 5.73 Å². The lowest BCUT2D eigenvalue weighted by molar-refractivity contribution is 0.591. The molecule has 1 heterocycles. The lowest BCUT2D eigenvalue weighted by atomic mass is 10.2. The third-order valence-corrected chi connectivity index (χ3v) is 4.90. The number of hydrogen-bond acceptors (Lipinski definition) is 4. The second-order valence-electron chi connectivity index (χ2n) is 4.58. The van der Waals surface area contributed by atoms with Gasteiger partial charge >= 0.3 is 0 Å². The molecule has 2 N–H and O–H groups in total. The quantitative estimate of drug-likeness (QED) is 0.912. The van der Waals surface area contributed by atoms with E-state index in [1.54, 1.807) is 30.7 Å². The molecule has 0 bridgehead atoms. The monoisotopic (exact) mass is 294 g/mol. The molecule has 0 saturated carbocycles. The first-order valence-electron chi connectivity index (χ1n) is 6.14. The topological polar surface area (TPSA) is 81.2 Å². The summed E-state index contributed by atoms with van der Waals surface area (Å²) >= 11 is 0. The van der Waals surface area contributed by atoms with Crippen LogP contribution in [0.25, 0.3) is 0 Å². The van der Waals surface area contributed by atoms with E-state index >= 15 is 0 Å². The van der Waals surface area contributed by atoms with Gasteiger partial charge < -0.3 is 10.3 Å². The predicted octanol–water partition coefficient (Wildman–Crippen LogP) is 1.01. The van der Waals surface area contributed by atoms with Gasteiger partial charge in [-0.25, -0.2) is 4.98 Å².